The average molecular weight is 456 g/mol. The molecule has 0 aromatic heterocycles. The number of amides is 1. The molecule has 0 saturated carbocycles. The number of carbonyl (C=O) groups is 2. The molecular formula is C20H19F3N2O5S. The van der Waals surface area contributed by atoms with Crippen LogP contribution in [-0.4, -0.2) is 33.4 Å². The number of nitrogens with two attached hydrogens (primary N) is 1. The van der Waals surface area contributed by atoms with Crippen LogP contribution in [0, 0.1) is 0 Å². The van der Waals surface area contributed by atoms with Crippen molar-refractivity contribution >= 4 is 28.0 Å². The summed E-state index contributed by atoms with van der Waals surface area (Å²) in [4.78, 5) is 23.3. The number of alkyl halides is 3. The minimum atomic E-state index is -4.49. The van der Waals surface area contributed by atoms with E-state index in [9.17, 15) is 31.2 Å². The van der Waals surface area contributed by atoms with Crippen molar-refractivity contribution in [2.75, 3.05) is 13.2 Å². The van der Waals surface area contributed by atoms with Crippen molar-refractivity contribution in [1.82, 2.24) is 5.32 Å². The van der Waals surface area contributed by atoms with E-state index in [0.29, 0.717) is 6.42 Å². The Balaban J connectivity index is 1.75. The molecular weight excluding hydrogens is 437 g/mol. The van der Waals surface area contributed by atoms with Crippen molar-refractivity contribution in [2.45, 2.75) is 17.5 Å². The molecule has 11 heteroatoms. The van der Waals surface area contributed by atoms with Gasteiger partial charge in [-0.2, -0.15) is 13.2 Å². The monoisotopic (exact) mass is 456 g/mol. The van der Waals surface area contributed by atoms with E-state index < -0.39 is 40.2 Å². The zero-order valence-electron chi connectivity index (χ0n) is 16.1. The van der Waals surface area contributed by atoms with Crippen molar-refractivity contribution in [3.8, 4) is 0 Å². The Kier molecular flexibility index (Phi) is 7.95. The number of benzene rings is 2. The van der Waals surface area contributed by atoms with Gasteiger partial charge in [0.2, 0.25) is 10.0 Å². The lowest BCUT2D eigenvalue weighted by molar-refractivity contribution is -0.143. The molecule has 0 unspecified atom stereocenters. The number of rotatable bonds is 8. The Morgan fingerprint density at radius 1 is 1.10 bits per heavy atom. The minimum absolute atomic E-state index is 0.0228. The predicted molar refractivity (Wildman–Crippen MR) is 106 cm³/mol. The first-order chi connectivity index (χ1) is 14.4. The third kappa shape index (κ3) is 8.22. The topological polar surface area (TPSA) is 116 Å². The van der Waals surface area contributed by atoms with Gasteiger partial charge in [0.25, 0.3) is 5.91 Å². The number of carbonyl (C=O) groups excluding carboxylic acids is 2. The van der Waals surface area contributed by atoms with Gasteiger partial charge in [0.1, 0.15) is 0 Å². The Morgan fingerprint density at radius 3 is 2.39 bits per heavy atom. The highest BCUT2D eigenvalue weighted by atomic mass is 32.2. The smallest absolute Gasteiger partial charge is 0.416 e. The molecule has 7 nitrogen and oxygen atoms in total. The highest BCUT2D eigenvalue weighted by Gasteiger charge is 2.30. The van der Waals surface area contributed by atoms with Gasteiger partial charge in [-0.1, -0.05) is 24.3 Å². The second-order valence-corrected chi connectivity index (χ2v) is 7.91. The summed E-state index contributed by atoms with van der Waals surface area (Å²) >= 11 is 0. The zero-order valence-corrected chi connectivity index (χ0v) is 16.9. The maximum atomic E-state index is 12.7. The van der Waals surface area contributed by atoms with Crippen LogP contribution in [0.15, 0.2) is 59.5 Å². The van der Waals surface area contributed by atoms with E-state index in [0.717, 1.165) is 29.8 Å². The Morgan fingerprint density at radius 2 is 1.77 bits per heavy atom. The molecule has 0 heterocycles. The molecule has 0 aliphatic rings. The molecule has 0 radical (unpaired) electrons. The van der Waals surface area contributed by atoms with Crippen LogP contribution in [0.1, 0.15) is 16.7 Å². The van der Waals surface area contributed by atoms with Gasteiger partial charge in [-0.3, -0.25) is 4.79 Å². The van der Waals surface area contributed by atoms with E-state index >= 15 is 0 Å². The van der Waals surface area contributed by atoms with Gasteiger partial charge < -0.3 is 10.1 Å². The quantitative estimate of drug-likeness (QED) is 0.467. The largest absolute Gasteiger partial charge is 0.452 e. The Labute approximate surface area is 176 Å². The second kappa shape index (κ2) is 10.2. The predicted octanol–water partition coefficient (Wildman–Crippen LogP) is 2.27. The fourth-order valence-electron chi connectivity index (χ4n) is 2.41. The summed E-state index contributed by atoms with van der Waals surface area (Å²) < 4.78 is 65.1. The SMILES string of the molecule is NS(=O)(=O)c1ccc(CCNC(=O)COC(=O)/C=C/c2cccc(C(F)(F)F)c2)cc1. The molecule has 0 atom stereocenters. The van der Waals surface area contributed by atoms with Crippen molar-refractivity contribution in [2.24, 2.45) is 5.14 Å². The summed E-state index contributed by atoms with van der Waals surface area (Å²) in [6, 6.07) is 10.2. The maximum Gasteiger partial charge on any atom is 0.416 e. The van der Waals surface area contributed by atoms with Gasteiger partial charge in [-0.05, 0) is 47.9 Å². The number of esters is 1. The van der Waals surface area contributed by atoms with Gasteiger partial charge in [-0.15, -0.1) is 0 Å². The molecule has 3 N–H and O–H groups in total. The number of hydrogen-bond donors (Lipinski definition) is 2. The first kappa shape index (κ1) is 24.1. The third-order valence-electron chi connectivity index (χ3n) is 3.96. The summed E-state index contributed by atoms with van der Waals surface area (Å²) in [7, 11) is -3.77. The summed E-state index contributed by atoms with van der Waals surface area (Å²) in [5.74, 6) is -1.45. The van der Waals surface area contributed by atoms with Crippen LogP contribution in [-0.2, 0) is 36.9 Å². The molecule has 1 amide bonds. The number of hydrogen-bond acceptors (Lipinski definition) is 5. The lowest BCUT2D eigenvalue weighted by atomic mass is 10.1. The van der Waals surface area contributed by atoms with E-state index in [2.05, 4.69) is 5.32 Å². The standard InChI is InChI=1S/C20H19F3N2O5S/c21-20(22,23)16-3-1-2-15(12-16)6-9-19(27)30-13-18(26)25-11-10-14-4-7-17(8-5-14)31(24,28)29/h1-9,12H,10-11,13H2,(H,25,26)(H2,24,28,29)/b9-6+. The number of halogens is 3. The van der Waals surface area contributed by atoms with E-state index in [1.54, 1.807) is 12.1 Å². The fraction of sp³-hybridized carbons (Fsp3) is 0.200. The summed E-state index contributed by atoms with van der Waals surface area (Å²) in [6.45, 7) is -0.346. The van der Waals surface area contributed by atoms with E-state index in [-0.39, 0.29) is 17.0 Å². The highest BCUT2D eigenvalue weighted by molar-refractivity contribution is 7.89. The van der Waals surface area contributed by atoms with Crippen molar-refractivity contribution in [3.05, 3.63) is 71.3 Å². The van der Waals surface area contributed by atoms with Crippen LogP contribution in [0.3, 0.4) is 0 Å². The normalized spacial score (nSPS) is 12.0. The molecule has 0 bridgehead atoms. The third-order valence-corrected chi connectivity index (χ3v) is 4.89. The van der Waals surface area contributed by atoms with Gasteiger partial charge in [0.05, 0.1) is 10.5 Å². The van der Waals surface area contributed by atoms with Crippen molar-refractivity contribution in [1.29, 1.82) is 0 Å². The minimum Gasteiger partial charge on any atom is -0.452 e. The van der Waals surface area contributed by atoms with Crippen LogP contribution in [0.4, 0.5) is 13.2 Å². The lowest BCUT2D eigenvalue weighted by Gasteiger charge is -2.07. The first-order valence-electron chi connectivity index (χ1n) is 8.86. The van der Waals surface area contributed by atoms with Crippen LogP contribution < -0.4 is 10.5 Å². The fourth-order valence-corrected chi connectivity index (χ4v) is 2.93. The molecule has 2 rings (SSSR count). The number of ether oxygens (including phenoxy) is 1. The molecule has 0 aliphatic carbocycles. The number of sulfonamides is 1. The number of nitrogens with one attached hydrogen (secondary N) is 1. The van der Waals surface area contributed by atoms with E-state index in [4.69, 9.17) is 9.88 Å². The van der Waals surface area contributed by atoms with Gasteiger partial charge >= 0.3 is 12.1 Å². The van der Waals surface area contributed by atoms with Crippen LogP contribution in [0.2, 0.25) is 0 Å². The summed E-state index contributed by atoms with van der Waals surface area (Å²) in [5, 5.41) is 7.53. The van der Waals surface area contributed by atoms with Crippen molar-refractivity contribution < 1.29 is 35.9 Å². The van der Waals surface area contributed by atoms with Crippen LogP contribution in [0.25, 0.3) is 6.08 Å². The highest BCUT2D eigenvalue weighted by Crippen LogP contribution is 2.29. The molecule has 0 saturated heterocycles. The first-order valence-corrected chi connectivity index (χ1v) is 10.4. The molecule has 2 aromatic carbocycles. The number of primary sulfonamides is 1. The van der Waals surface area contributed by atoms with Gasteiger partial charge in [0.15, 0.2) is 6.61 Å². The zero-order chi connectivity index (χ0) is 23.1. The molecule has 166 valence electrons. The molecule has 0 spiro atoms. The molecule has 2 aromatic rings. The van der Waals surface area contributed by atoms with Crippen molar-refractivity contribution in [3.63, 3.8) is 0 Å². The average Bonchev–Trinajstić information content (AvgIpc) is 2.70. The van der Waals surface area contributed by atoms with Gasteiger partial charge in [0, 0.05) is 12.6 Å². The summed E-state index contributed by atoms with van der Waals surface area (Å²) in [6.07, 6.45) is -2.01. The van der Waals surface area contributed by atoms with E-state index in [1.807, 2.05) is 0 Å². The molecule has 31 heavy (non-hydrogen) atoms. The maximum absolute atomic E-state index is 12.7. The lowest BCUT2D eigenvalue weighted by Crippen LogP contribution is -2.30. The van der Waals surface area contributed by atoms with Gasteiger partial charge in [-0.25, -0.2) is 18.4 Å². The van der Waals surface area contributed by atoms with Crippen LogP contribution >= 0.6 is 0 Å². The summed E-state index contributed by atoms with van der Waals surface area (Å²) in [5.41, 5.74) is 0.0695. The van der Waals surface area contributed by atoms with Crippen LogP contribution in [0.5, 0.6) is 0 Å². The molecule has 0 fully saturated rings. The Hall–Kier alpha value is -3.18. The Bertz CT molecular complexity index is 1060. The molecule has 0 aliphatic heterocycles. The second-order valence-electron chi connectivity index (χ2n) is 6.35. The van der Waals surface area contributed by atoms with E-state index in [1.165, 1.54) is 24.3 Å².